The number of H-pyrrole nitrogens is 1. The van der Waals surface area contributed by atoms with Gasteiger partial charge < -0.3 is 24.9 Å². The van der Waals surface area contributed by atoms with Crippen LogP contribution in [0.2, 0.25) is 0 Å². The van der Waals surface area contributed by atoms with Crippen LogP contribution in [0.4, 0.5) is 0 Å². The number of phenolic OH excluding ortho intramolecular Hbond substituents is 1. The minimum absolute atomic E-state index is 0.0234. The number of unbranched alkanes of at least 4 members (excludes halogenated alkanes) is 2. The van der Waals surface area contributed by atoms with Gasteiger partial charge >= 0.3 is 4.87 Å². The van der Waals surface area contributed by atoms with E-state index in [1.807, 2.05) is 36.4 Å². The third-order valence-electron chi connectivity index (χ3n) is 6.27. The Morgan fingerprint density at radius 2 is 1.71 bits per heavy atom. The first kappa shape index (κ1) is 27.4. The fraction of sp³-hybridized carbons (Fsp3) is 0.333. The summed E-state index contributed by atoms with van der Waals surface area (Å²) in [7, 11) is 0. The number of carbonyl (C=O) groups is 1. The molecular formula is C30H34N2O5S. The Bertz CT molecular complexity index is 1370. The molecule has 0 aliphatic heterocycles. The molecule has 1 amide bonds. The zero-order valence-electron chi connectivity index (χ0n) is 21.4. The number of benzene rings is 3. The molecular weight excluding hydrogens is 500 g/mol. The molecule has 0 unspecified atom stereocenters. The van der Waals surface area contributed by atoms with Gasteiger partial charge in [-0.3, -0.25) is 9.59 Å². The van der Waals surface area contributed by atoms with E-state index >= 15 is 0 Å². The first-order chi connectivity index (χ1) is 18.6. The second-order valence-electron chi connectivity index (χ2n) is 9.12. The summed E-state index contributed by atoms with van der Waals surface area (Å²) in [5, 5.41) is 12.8. The number of carbonyl (C=O) groups excluding carboxylic acids is 1. The van der Waals surface area contributed by atoms with Crippen LogP contribution in [-0.2, 0) is 29.0 Å². The van der Waals surface area contributed by atoms with Crippen molar-refractivity contribution in [2.24, 2.45) is 0 Å². The molecule has 8 heteroatoms. The van der Waals surface area contributed by atoms with Gasteiger partial charge in [0.15, 0.2) is 0 Å². The summed E-state index contributed by atoms with van der Waals surface area (Å²) in [5.74, 6) is 0.979. The Balaban J connectivity index is 1.06. The molecule has 3 aromatic carbocycles. The third-order valence-corrected chi connectivity index (χ3v) is 7.23. The summed E-state index contributed by atoms with van der Waals surface area (Å²) in [4.78, 5) is 26.2. The number of fused-ring (bicyclic) bond motifs is 1. The number of ether oxygens (including phenoxy) is 2. The smallest absolute Gasteiger partial charge is 0.305 e. The van der Waals surface area contributed by atoms with Crippen molar-refractivity contribution >= 4 is 27.5 Å². The van der Waals surface area contributed by atoms with Gasteiger partial charge in [0, 0.05) is 19.6 Å². The first-order valence-electron chi connectivity index (χ1n) is 13.0. The van der Waals surface area contributed by atoms with E-state index in [4.69, 9.17) is 9.47 Å². The molecule has 4 rings (SSSR count). The van der Waals surface area contributed by atoms with E-state index in [0.29, 0.717) is 44.7 Å². The van der Waals surface area contributed by atoms with Crippen LogP contribution in [0, 0.1) is 0 Å². The quantitative estimate of drug-likeness (QED) is 0.179. The van der Waals surface area contributed by atoms with Gasteiger partial charge in [-0.05, 0) is 54.5 Å². The van der Waals surface area contributed by atoms with Crippen molar-refractivity contribution in [2.75, 3.05) is 19.8 Å². The Kier molecular flexibility index (Phi) is 10.4. The summed E-state index contributed by atoms with van der Waals surface area (Å²) in [6.45, 7) is 2.34. The summed E-state index contributed by atoms with van der Waals surface area (Å²) >= 11 is 1.08. The number of rotatable bonds is 15. The van der Waals surface area contributed by atoms with Crippen LogP contribution >= 0.6 is 11.3 Å². The zero-order chi connectivity index (χ0) is 26.6. The van der Waals surface area contributed by atoms with Gasteiger partial charge in [0.1, 0.15) is 23.6 Å². The van der Waals surface area contributed by atoms with E-state index in [2.05, 4.69) is 28.5 Å². The zero-order valence-corrected chi connectivity index (χ0v) is 22.2. The van der Waals surface area contributed by atoms with Crippen LogP contribution in [0.15, 0.2) is 71.5 Å². The molecule has 0 aliphatic rings. The molecule has 1 heterocycles. The molecule has 4 aromatic rings. The fourth-order valence-electron chi connectivity index (χ4n) is 4.23. The van der Waals surface area contributed by atoms with E-state index in [1.165, 1.54) is 0 Å². The van der Waals surface area contributed by atoms with E-state index in [9.17, 15) is 14.7 Å². The number of aromatic nitrogens is 1. The molecule has 0 saturated carbocycles. The molecule has 0 atom stereocenters. The number of aromatic amines is 1. The number of para-hydroxylation sites is 1. The van der Waals surface area contributed by atoms with Gasteiger partial charge in [-0.25, -0.2) is 0 Å². The van der Waals surface area contributed by atoms with Crippen LogP contribution < -0.4 is 14.9 Å². The van der Waals surface area contributed by atoms with Gasteiger partial charge in [0.25, 0.3) is 0 Å². The summed E-state index contributed by atoms with van der Waals surface area (Å²) in [5.41, 5.74) is 3.68. The number of amides is 1. The Morgan fingerprint density at radius 1 is 0.895 bits per heavy atom. The maximum absolute atomic E-state index is 12.2. The number of aromatic hydroxyl groups is 1. The first-order valence-corrected chi connectivity index (χ1v) is 13.8. The highest BCUT2D eigenvalue weighted by molar-refractivity contribution is 7.16. The maximum Gasteiger partial charge on any atom is 0.305 e. The van der Waals surface area contributed by atoms with E-state index in [0.717, 1.165) is 64.2 Å². The Morgan fingerprint density at radius 3 is 2.58 bits per heavy atom. The topological polar surface area (TPSA) is 101 Å². The highest BCUT2D eigenvalue weighted by atomic mass is 32.1. The Hall–Kier alpha value is -3.62. The molecule has 0 aliphatic carbocycles. The minimum Gasteiger partial charge on any atom is -0.506 e. The second kappa shape index (κ2) is 14.4. The van der Waals surface area contributed by atoms with Crippen molar-refractivity contribution < 1.29 is 19.4 Å². The molecule has 38 heavy (non-hydrogen) atoms. The number of thiazole rings is 1. The molecule has 0 bridgehead atoms. The molecule has 3 N–H and O–H groups in total. The minimum atomic E-state index is -0.201. The lowest BCUT2D eigenvalue weighted by molar-refractivity contribution is -0.121. The second-order valence-corrected chi connectivity index (χ2v) is 10.1. The molecule has 0 radical (unpaired) electrons. The van der Waals surface area contributed by atoms with Gasteiger partial charge in [-0.2, -0.15) is 0 Å². The molecule has 200 valence electrons. The van der Waals surface area contributed by atoms with Crippen molar-refractivity contribution in [1.82, 2.24) is 10.3 Å². The van der Waals surface area contributed by atoms with E-state index < -0.39 is 0 Å². The molecule has 7 nitrogen and oxygen atoms in total. The largest absolute Gasteiger partial charge is 0.506 e. The van der Waals surface area contributed by atoms with Crippen molar-refractivity contribution in [3.8, 4) is 11.5 Å². The van der Waals surface area contributed by atoms with Gasteiger partial charge in [0.2, 0.25) is 5.91 Å². The average Bonchev–Trinajstić information content (AvgIpc) is 3.34. The van der Waals surface area contributed by atoms with Crippen molar-refractivity contribution in [1.29, 1.82) is 0 Å². The fourth-order valence-corrected chi connectivity index (χ4v) is 5.13. The van der Waals surface area contributed by atoms with Gasteiger partial charge in [0.05, 0.1) is 11.3 Å². The predicted molar refractivity (Wildman–Crippen MR) is 151 cm³/mol. The molecule has 0 spiro atoms. The lowest BCUT2D eigenvalue weighted by Crippen LogP contribution is -2.25. The summed E-state index contributed by atoms with van der Waals surface area (Å²) < 4.78 is 12.6. The van der Waals surface area contributed by atoms with Crippen molar-refractivity contribution in [3.63, 3.8) is 0 Å². The number of hydrogen-bond acceptors (Lipinski definition) is 6. The SMILES string of the molecule is O=C(CCCCCOCCc1ccccc1OCc1ccccc1)NCCc1ccc(O)c2[nH]c(=O)sc12. The van der Waals surface area contributed by atoms with E-state index in [1.54, 1.807) is 12.1 Å². The number of phenols is 1. The van der Waals surface area contributed by atoms with Crippen molar-refractivity contribution in [2.45, 2.75) is 45.1 Å². The van der Waals surface area contributed by atoms with Crippen LogP contribution in [0.3, 0.4) is 0 Å². The van der Waals surface area contributed by atoms with Gasteiger partial charge in [-0.1, -0.05) is 72.4 Å². The van der Waals surface area contributed by atoms with E-state index in [-0.39, 0.29) is 16.5 Å². The molecule has 0 fully saturated rings. The monoisotopic (exact) mass is 534 g/mol. The number of hydrogen-bond donors (Lipinski definition) is 3. The van der Waals surface area contributed by atoms with Crippen molar-refractivity contribution in [3.05, 3.63) is 93.1 Å². The normalized spacial score (nSPS) is 11.1. The molecule has 1 aromatic heterocycles. The lowest BCUT2D eigenvalue weighted by atomic mass is 10.1. The lowest BCUT2D eigenvalue weighted by Gasteiger charge is -2.12. The Labute approximate surface area is 226 Å². The van der Waals surface area contributed by atoms with Crippen LogP contribution in [0.1, 0.15) is 42.4 Å². The average molecular weight is 535 g/mol. The third kappa shape index (κ3) is 8.19. The van der Waals surface area contributed by atoms with Crippen LogP contribution in [0.25, 0.3) is 10.2 Å². The predicted octanol–water partition coefficient (Wildman–Crippen LogP) is 5.35. The highest BCUT2D eigenvalue weighted by Gasteiger charge is 2.10. The highest BCUT2D eigenvalue weighted by Crippen LogP contribution is 2.27. The standard InChI is InChI=1S/C30H34N2O5S/c33-25-15-14-24(29-28(25)32-30(35)38-29)16-18-31-27(34)13-5-2-8-19-36-20-17-23-11-6-7-12-26(23)37-21-22-9-3-1-4-10-22/h1,3-4,6-7,9-12,14-15,33H,2,5,8,13,16-21H2,(H,31,34)(H,32,35). The molecule has 0 saturated heterocycles. The van der Waals surface area contributed by atoms with Crippen LogP contribution in [-0.4, -0.2) is 35.8 Å². The summed E-state index contributed by atoms with van der Waals surface area (Å²) in [6, 6.07) is 21.6. The van der Waals surface area contributed by atoms with Gasteiger partial charge in [-0.15, -0.1) is 0 Å². The number of nitrogens with one attached hydrogen (secondary N) is 2. The summed E-state index contributed by atoms with van der Waals surface area (Å²) in [6.07, 6.45) is 4.53. The maximum atomic E-state index is 12.2. The van der Waals surface area contributed by atoms with Crippen LogP contribution in [0.5, 0.6) is 11.5 Å².